The maximum absolute atomic E-state index is 13.2. The van der Waals surface area contributed by atoms with Crippen molar-refractivity contribution in [3.05, 3.63) is 94.0 Å². The Morgan fingerprint density at radius 3 is 1.63 bits per heavy atom. The number of rotatable bonds is 2. The highest BCUT2D eigenvalue weighted by atomic mass is 35.5. The Balaban J connectivity index is 1.82. The lowest BCUT2D eigenvalue weighted by molar-refractivity contribution is 0.104. The Morgan fingerprint density at radius 1 is 0.593 bits per heavy atom. The van der Waals surface area contributed by atoms with E-state index < -0.39 is 0 Å². The summed E-state index contributed by atoms with van der Waals surface area (Å²) >= 11 is 13.8. The Hall–Kier alpha value is -2.39. The van der Waals surface area contributed by atoms with E-state index >= 15 is 0 Å². The summed E-state index contributed by atoms with van der Waals surface area (Å²) in [6.45, 7) is 0. The van der Waals surface area contributed by atoms with Crippen LogP contribution in [0.1, 0.15) is 15.9 Å². The third-order valence-corrected chi connectivity index (χ3v) is 6.58. The standard InChI is InChI=1S/C23H12Cl2OS/c24-15-9-5-13(6-10-15)22-19-17-3-1-2-4-18(17)21(26)20(19)23(27-22)14-7-11-16(25)12-8-14/h1-12H. The number of hydrogen-bond donors (Lipinski definition) is 0. The van der Waals surface area contributed by atoms with Gasteiger partial charge in [-0.05, 0) is 41.0 Å². The lowest BCUT2D eigenvalue weighted by atomic mass is 10.0. The average molecular weight is 407 g/mol. The third kappa shape index (κ3) is 2.64. The van der Waals surface area contributed by atoms with Gasteiger partial charge in [0.1, 0.15) is 0 Å². The van der Waals surface area contributed by atoms with Gasteiger partial charge >= 0.3 is 0 Å². The van der Waals surface area contributed by atoms with Crippen LogP contribution in [0.15, 0.2) is 72.8 Å². The van der Waals surface area contributed by atoms with Gasteiger partial charge in [-0.1, -0.05) is 71.7 Å². The summed E-state index contributed by atoms with van der Waals surface area (Å²) < 4.78 is 0. The van der Waals surface area contributed by atoms with Crippen molar-refractivity contribution >= 4 is 40.3 Å². The minimum Gasteiger partial charge on any atom is -0.289 e. The van der Waals surface area contributed by atoms with Crippen LogP contribution < -0.4 is 0 Å². The van der Waals surface area contributed by atoms with Crippen LogP contribution in [0.5, 0.6) is 0 Å². The van der Waals surface area contributed by atoms with E-state index in [2.05, 4.69) is 0 Å². The molecule has 5 rings (SSSR count). The van der Waals surface area contributed by atoms with Crippen molar-refractivity contribution in [2.75, 3.05) is 0 Å². The van der Waals surface area contributed by atoms with Crippen molar-refractivity contribution in [3.8, 4) is 32.0 Å². The molecule has 0 bridgehead atoms. The van der Waals surface area contributed by atoms with E-state index in [1.54, 1.807) is 11.3 Å². The quantitative estimate of drug-likeness (QED) is 0.294. The largest absolute Gasteiger partial charge is 0.289 e. The zero-order chi connectivity index (χ0) is 18.5. The molecule has 0 spiro atoms. The summed E-state index contributed by atoms with van der Waals surface area (Å²) in [4.78, 5) is 15.3. The molecule has 0 unspecified atom stereocenters. The van der Waals surface area contributed by atoms with Crippen LogP contribution in [0, 0.1) is 0 Å². The molecule has 1 aromatic heterocycles. The first kappa shape index (κ1) is 16.8. The van der Waals surface area contributed by atoms with Crippen LogP contribution in [-0.4, -0.2) is 5.78 Å². The number of thiophene rings is 1. The number of ketones is 1. The molecular weight excluding hydrogens is 395 g/mol. The topological polar surface area (TPSA) is 17.1 Å². The fraction of sp³-hybridized carbons (Fsp3) is 0. The fourth-order valence-electron chi connectivity index (χ4n) is 3.55. The summed E-state index contributed by atoms with van der Waals surface area (Å²) in [6, 6.07) is 23.2. The van der Waals surface area contributed by atoms with Gasteiger partial charge in [0.25, 0.3) is 0 Å². The van der Waals surface area contributed by atoms with E-state index in [9.17, 15) is 4.79 Å². The van der Waals surface area contributed by atoms with Gasteiger partial charge in [0, 0.05) is 36.5 Å². The van der Waals surface area contributed by atoms with Crippen molar-refractivity contribution in [1.29, 1.82) is 0 Å². The molecule has 1 aliphatic rings. The smallest absolute Gasteiger partial charge is 0.195 e. The maximum atomic E-state index is 13.2. The van der Waals surface area contributed by atoms with Crippen LogP contribution in [0.25, 0.3) is 32.0 Å². The Labute approximate surface area is 170 Å². The van der Waals surface area contributed by atoms with Gasteiger partial charge in [0.05, 0.1) is 0 Å². The van der Waals surface area contributed by atoms with E-state index in [1.165, 1.54) is 0 Å². The first-order valence-corrected chi connectivity index (χ1v) is 10.0. The van der Waals surface area contributed by atoms with Crippen molar-refractivity contribution < 1.29 is 4.79 Å². The molecule has 3 aromatic carbocycles. The molecule has 130 valence electrons. The van der Waals surface area contributed by atoms with Crippen LogP contribution in [0.4, 0.5) is 0 Å². The summed E-state index contributed by atoms with van der Waals surface area (Å²) in [5.74, 6) is 0.0852. The second kappa shape index (κ2) is 6.35. The van der Waals surface area contributed by atoms with Gasteiger partial charge in [-0.25, -0.2) is 0 Å². The van der Waals surface area contributed by atoms with Gasteiger partial charge in [0.2, 0.25) is 0 Å². The second-order valence-electron chi connectivity index (χ2n) is 6.40. The average Bonchev–Trinajstić information content (AvgIpc) is 3.21. The molecule has 0 amide bonds. The minimum absolute atomic E-state index is 0.0852. The SMILES string of the molecule is O=C1c2ccccc2-c2c(-c3ccc(Cl)cc3)sc(-c3ccc(Cl)cc3)c21. The number of benzene rings is 3. The lowest BCUT2D eigenvalue weighted by Crippen LogP contribution is -1.95. The molecule has 0 aliphatic heterocycles. The molecule has 0 fully saturated rings. The van der Waals surface area contributed by atoms with Crippen molar-refractivity contribution in [2.45, 2.75) is 0 Å². The predicted molar refractivity (Wildman–Crippen MR) is 114 cm³/mol. The van der Waals surface area contributed by atoms with E-state index in [1.807, 2.05) is 72.8 Å². The number of fused-ring (bicyclic) bond motifs is 3. The molecule has 1 heterocycles. The van der Waals surface area contributed by atoms with Crippen LogP contribution in [-0.2, 0) is 0 Å². The molecule has 1 aliphatic carbocycles. The molecule has 4 heteroatoms. The van der Waals surface area contributed by atoms with Gasteiger partial charge in [0.15, 0.2) is 5.78 Å². The second-order valence-corrected chi connectivity index (χ2v) is 8.29. The van der Waals surface area contributed by atoms with Gasteiger partial charge in [-0.2, -0.15) is 0 Å². The summed E-state index contributed by atoms with van der Waals surface area (Å²) in [7, 11) is 0. The fourth-order valence-corrected chi connectivity index (χ4v) is 5.12. The Kier molecular flexibility index (Phi) is 3.94. The molecule has 0 N–H and O–H groups in total. The Bertz CT molecular complexity index is 1190. The molecule has 0 radical (unpaired) electrons. The van der Waals surface area contributed by atoms with Crippen LogP contribution in [0.2, 0.25) is 10.0 Å². The number of halogens is 2. The van der Waals surface area contributed by atoms with Crippen LogP contribution in [0.3, 0.4) is 0 Å². The van der Waals surface area contributed by atoms with E-state index in [0.29, 0.717) is 10.0 Å². The zero-order valence-corrected chi connectivity index (χ0v) is 16.3. The molecule has 4 aromatic rings. The van der Waals surface area contributed by atoms with E-state index in [4.69, 9.17) is 23.2 Å². The third-order valence-electron chi connectivity index (χ3n) is 4.79. The lowest BCUT2D eigenvalue weighted by Gasteiger charge is -2.04. The van der Waals surface area contributed by atoms with Crippen molar-refractivity contribution in [1.82, 2.24) is 0 Å². The molecule has 0 atom stereocenters. The highest BCUT2D eigenvalue weighted by molar-refractivity contribution is 7.20. The van der Waals surface area contributed by atoms with Gasteiger partial charge in [-0.3, -0.25) is 4.79 Å². The maximum Gasteiger partial charge on any atom is 0.195 e. The van der Waals surface area contributed by atoms with Crippen LogP contribution >= 0.6 is 34.5 Å². The number of carbonyl (C=O) groups excluding carboxylic acids is 1. The minimum atomic E-state index is 0.0852. The summed E-state index contributed by atoms with van der Waals surface area (Å²) in [6.07, 6.45) is 0. The first-order valence-electron chi connectivity index (χ1n) is 8.46. The van der Waals surface area contributed by atoms with E-state index in [-0.39, 0.29) is 5.78 Å². The van der Waals surface area contributed by atoms with Gasteiger partial charge in [-0.15, -0.1) is 11.3 Å². The molecule has 1 nitrogen and oxygen atoms in total. The van der Waals surface area contributed by atoms with Crippen molar-refractivity contribution in [3.63, 3.8) is 0 Å². The monoisotopic (exact) mass is 406 g/mol. The molecular formula is C23H12Cl2OS. The molecule has 0 saturated heterocycles. The van der Waals surface area contributed by atoms with Crippen molar-refractivity contribution in [2.24, 2.45) is 0 Å². The van der Waals surface area contributed by atoms with Gasteiger partial charge < -0.3 is 0 Å². The highest BCUT2D eigenvalue weighted by Gasteiger charge is 2.34. The van der Waals surface area contributed by atoms with E-state index in [0.717, 1.165) is 43.1 Å². The number of carbonyl (C=O) groups is 1. The highest BCUT2D eigenvalue weighted by Crippen LogP contribution is 2.52. The summed E-state index contributed by atoms with van der Waals surface area (Å²) in [5, 5.41) is 1.38. The normalized spacial score (nSPS) is 12.1. The zero-order valence-electron chi connectivity index (χ0n) is 14.0. The predicted octanol–water partition coefficient (Wildman–Crippen LogP) is 7.60. The number of hydrogen-bond acceptors (Lipinski definition) is 2. The Morgan fingerprint density at radius 2 is 1.07 bits per heavy atom. The first-order chi connectivity index (χ1) is 13.1. The molecule has 27 heavy (non-hydrogen) atoms. The molecule has 0 saturated carbocycles. The summed E-state index contributed by atoms with van der Waals surface area (Å²) in [5.41, 5.74) is 5.63.